The Morgan fingerprint density at radius 3 is 1.57 bits per heavy atom. The Kier molecular flexibility index (Phi) is 7.18. The molecular formula is C43H29N3. The van der Waals surface area contributed by atoms with Crippen LogP contribution in [0, 0.1) is 0 Å². The van der Waals surface area contributed by atoms with Crippen LogP contribution in [0.2, 0.25) is 0 Å². The van der Waals surface area contributed by atoms with Crippen LogP contribution in [0.1, 0.15) is 0 Å². The van der Waals surface area contributed by atoms with Crippen LogP contribution >= 0.6 is 0 Å². The highest BCUT2D eigenvalue weighted by molar-refractivity contribution is 5.96. The zero-order valence-corrected chi connectivity index (χ0v) is 25.1. The molecule has 0 aliphatic carbocycles. The SMILES string of the molecule is c1ccc(-c2cc(-c3ccccn3)nc(-c3ccc(-c4ccc(-c5ccc(-c6cccc7ccccc67)cc5)cc4)cn3)c2)cc1. The normalized spacial score (nSPS) is 11.0. The zero-order chi connectivity index (χ0) is 30.7. The maximum Gasteiger partial charge on any atom is 0.0900 e. The van der Waals surface area contributed by atoms with Crippen LogP contribution < -0.4 is 0 Å². The predicted molar refractivity (Wildman–Crippen MR) is 190 cm³/mol. The second-order valence-corrected chi connectivity index (χ2v) is 11.3. The first kappa shape index (κ1) is 27.4. The van der Waals surface area contributed by atoms with E-state index < -0.39 is 0 Å². The van der Waals surface area contributed by atoms with Crippen molar-refractivity contribution >= 4 is 10.8 Å². The average Bonchev–Trinajstić information content (AvgIpc) is 3.15. The smallest absolute Gasteiger partial charge is 0.0900 e. The number of fused-ring (bicyclic) bond motifs is 1. The quantitative estimate of drug-likeness (QED) is 0.194. The Labute approximate surface area is 268 Å². The maximum absolute atomic E-state index is 4.96. The van der Waals surface area contributed by atoms with Crippen molar-refractivity contribution in [3.8, 4) is 67.3 Å². The fourth-order valence-corrected chi connectivity index (χ4v) is 6.00. The van der Waals surface area contributed by atoms with Crippen LogP contribution in [0.4, 0.5) is 0 Å². The molecule has 3 nitrogen and oxygen atoms in total. The molecule has 0 saturated carbocycles. The van der Waals surface area contributed by atoms with Gasteiger partial charge in [0.15, 0.2) is 0 Å². The van der Waals surface area contributed by atoms with Gasteiger partial charge in [-0.2, -0.15) is 0 Å². The Bertz CT molecular complexity index is 2200. The summed E-state index contributed by atoms with van der Waals surface area (Å²) in [6.07, 6.45) is 3.73. The van der Waals surface area contributed by atoms with E-state index in [2.05, 4.69) is 145 Å². The number of hydrogen-bond donors (Lipinski definition) is 0. The number of pyridine rings is 3. The molecule has 0 spiro atoms. The summed E-state index contributed by atoms with van der Waals surface area (Å²) in [6.45, 7) is 0. The summed E-state index contributed by atoms with van der Waals surface area (Å²) in [7, 11) is 0. The summed E-state index contributed by atoms with van der Waals surface area (Å²) < 4.78 is 0. The van der Waals surface area contributed by atoms with Gasteiger partial charge in [-0.3, -0.25) is 9.97 Å². The van der Waals surface area contributed by atoms with E-state index in [9.17, 15) is 0 Å². The fraction of sp³-hybridized carbons (Fsp3) is 0. The lowest BCUT2D eigenvalue weighted by Gasteiger charge is -2.10. The Hall–Kier alpha value is -6.19. The standard InChI is InChI=1S/C43H29N3/c1-2-9-30(10-3-1)37-27-42(40-15-6-7-26-44-40)46-43(28-37)41-25-24-36(29-45-41)33-18-16-31(17-19-33)32-20-22-35(23-21-32)39-14-8-12-34-11-4-5-13-38(34)39/h1-29H. The first-order valence-corrected chi connectivity index (χ1v) is 15.4. The van der Waals surface area contributed by atoms with Crippen molar-refractivity contribution in [2.75, 3.05) is 0 Å². The molecule has 216 valence electrons. The van der Waals surface area contributed by atoms with Gasteiger partial charge >= 0.3 is 0 Å². The predicted octanol–water partition coefficient (Wildman–Crippen LogP) is 11.0. The highest BCUT2D eigenvalue weighted by atomic mass is 14.8. The lowest BCUT2D eigenvalue weighted by atomic mass is 9.95. The molecule has 5 aromatic carbocycles. The molecule has 0 N–H and O–H groups in total. The second-order valence-electron chi connectivity index (χ2n) is 11.3. The minimum Gasteiger partial charge on any atom is -0.255 e. The van der Waals surface area contributed by atoms with Crippen molar-refractivity contribution in [3.05, 3.63) is 176 Å². The zero-order valence-electron chi connectivity index (χ0n) is 25.1. The van der Waals surface area contributed by atoms with E-state index in [0.717, 1.165) is 45.0 Å². The van der Waals surface area contributed by atoms with Crippen LogP contribution in [0.15, 0.2) is 176 Å². The third kappa shape index (κ3) is 5.47. The lowest BCUT2D eigenvalue weighted by molar-refractivity contribution is 1.22. The van der Waals surface area contributed by atoms with Crippen molar-refractivity contribution in [2.24, 2.45) is 0 Å². The molecule has 0 atom stereocenters. The molecule has 0 saturated heterocycles. The first-order chi connectivity index (χ1) is 22.8. The van der Waals surface area contributed by atoms with Gasteiger partial charge in [-0.25, -0.2) is 4.98 Å². The van der Waals surface area contributed by atoms with Gasteiger partial charge < -0.3 is 0 Å². The summed E-state index contributed by atoms with van der Waals surface area (Å²) in [5.74, 6) is 0. The number of aromatic nitrogens is 3. The van der Waals surface area contributed by atoms with Crippen molar-refractivity contribution < 1.29 is 0 Å². The Morgan fingerprint density at radius 2 is 0.891 bits per heavy atom. The highest BCUT2D eigenvalue weighted by Crippen LogP contribution is 2.33. The molecule has 0 unspecified atom stereocenters. The van der Waals surface area contributed by atoms with Crippen LogP contribution in [0.5, 0.6) is 0 Å². The molecular weight excluding hydrogens is 558 g/mol. The van der Waals surface area contributed by atoms with Gasteiger partial charge in [-0.15, -0.1) is 0 Å². The van der Waals surface area contributed by atoms with Crippen molar-refractivity contribution in [1.29, 1.82) is 0 Å². The summed E-state index contributed by atoms with van der Waals surface area (Å²) in [5, 5.41) is 2.53. The van der Waals surface area contributed by atoms with E-state index in [1.54, 1.807) is 6.20 Å². The van der Waals surface area contributed by atoms with Crippen molar-refractivity contribution in [2.45, 2.75) is 0 Å². The van der Waals surface area contributed by atoms with E-state index >= 15 is 0 Å². The fourth-order valence-electron chi connectivity index (χ4n) is 6.00. The summed E-state index contributed by atoms with van der Waals surface area (Å²) in [5.41, 5.74) is 12.5. The number of nitrogens with zero attached hydrogens (tertiary/aromatic N) is 3. The minimum absolute atomic E-state index is 0.816. The molecule has 0 radical (unpaired) electrons. The van der Waals surface area contributed by atoms with Crippen LogP contribution in [-0.4, -0.2) is 15.0 Å². The van der Waals surface area contributed by atoms with Crippen molar-refractivity contribution in [3.63, 3.8) is 0 Å². The van der Waals surface area contributed by atoms with E-state index in [-0.39, 0.29) is 0 Å². The van der Waals surface area contributed by atoms with Gasteiger partial charge in [-0.05, 0) is 80.0 Å². The summed E-state index contributed by atoms with van der Waals surface area (Å²) in [6, 6.07) is 57.2. The number of rotatable bonds is 6. The topological polar surface area (TPSA) is 38.7 Å². The van der Waals surface area contributed by atoms with Gasteiger partial charge in [-0.1, -0.05) is 133 Å². The molecule has 3 heterocycles. The van der Waals surface area contributed by atoms with Crippen LogP contribution in [0.3, 0.4) is 0 Å². The van der Waals surface area contributed by atoms with Gasteiger partial charge in [0.05, 0.1) is 22.8 Å². The van der Waals surface area contributed by atoms with E-state index in [1.165, 1.54) is 33.0 Å². The van der Waals surface area contributed by atoms with Crippen molar-refractivity contribution in [1.82, 2.24) is 15.0 Å². The Balaban J connectivity index is 1.05. The number of benzene rings is 5. The number of hydrogen-bond acceptors (Lipinski definition) is 3. The van der Waals surface area contributed by atoms with Gasteiger partial charge in [0.1, 0.15) is 0 Å². The largest absolute Gasteiger partial charge is 0.255 e. The van der Waals surface area contributed by atoms with Gasteiger partial charge in [0.25, 0.3) is 0 Å². The van der Waals surface area contributed by atoms with Gasteiger partial charge in [0.2, 0.25) is 0 Å². The van der Waals surface area contributed by atoms with E-state index in [0.29, 0.717) is 0 Å². The summed E-state index contributed by atoms with van der Waals surface area (Å²) in [4.78, 5) is 14.4. The first-order valence-electron chi connectivity index (χ1n) is 15.4. The summed E-state index contributed by atoms with van der Waals surface area (Å²) >= 11 is 0. The Morgan fingerprint density at radius 1 is 0.326 bits per heavy atom. The highest BCUT2D eigenvalue weighted by Gasteiger charge is 2.11. The molecule has 0 fully saturated rings. The molecule has 8 aromatic rings. The molecule has 0 bridgehead atoms. The van der Waals surface area contributed by atoms with E-state index in [1.807, 2.05) is 30.5 Å². The monoisotopic (exact) mass is 587 g/mol. The van der Waals surface area contributed by atoms with Crippen LogP contribution in [0.25, 0.3) is 78.1 Å². The molecule has 3 aromatic heterocycles. The molecule has 0 aliphatic heterocycles. The second kappa shape index (κ2) is 12.1. The molecule has 0 amide bonds. The average molecular weight is 588 g/mol. The minimum atomic E-state index is 0.816. The third-order valence-electron chi connectivity index (χ3n) is 8.42. The van der Waals surface area contributed by atoms with E-state index in [4.69, 9.17) is 9.97 Å². The maximum atomic E-state index is 4.96. The molecule has 0 aliphatic rings. The lowest BCUT2D eigenvalue weighted by Crippen LogP contribution is -1.94. The third-order valence-corrected chi connectivity index (χ3v) is 8.42. The molecule has 3 heteroatoms. The molecule has 8 rings (SSSR count). The van der Waals surface area contributed by atoms with Crippen LogP contribution in [-0.2, 0) is 0 Å². The van der Waals surface area contributed by atoms with Gasteiger partial charge in [0, 0.05) is 18.0 Å². The molecule has 46 heavy (non-hydrogen) atoms.